The van der Waals surface area contributed by atoms with Gasteiger partial charge in [0.2, 0.25) is 0 Å². The van der Waals surface area contributed by atoms with Crippen molar-refractivity contribution in [3.63, 3.8) is 0 Å². The zero-order chi connectivity index (χ0) is 27.7. The van der Waals surface area contributed by atoms with E-state index in [4.69, 9.17) is 14.1 Å². The highest BCUT2D eigenvalue weighted by molar-refractivity contribution is 7.07. The Bertz CT molecular complexity index is 1570. The third-order valence-electron chi connectivity index (χ3n) is 7.72. The van der Waals surface area contributed by atoms with Crippen LogP contribution in [-0.2, 0) is 4.79 Å². The third kappa shape index (κ3) is 5.07. The second-order valence-electron chi connectivity index (χ2n) is 10.1. The molecule has 5 rings (SSSR count). The van der Waals surface area contributed by atoms with Crippen molar-refractivity contribution < 1.29 is 13.9 Å². The Morgan fingerprint density at radius 3 is 2.59 bits per heavy atom. The van der Waals surface area contributed by atoms with E-state index >= 15 is 0 Å². The predicted octanol–water partition coefficient (Wildman–Crippen LogP) is 3.94. The Morgan fingerprint density at radius 2 is 1.90 bits per heavy atom. The molecule has 1 amide bonds. The predicted molar refractivity (Wildman–Crippen MR) is 154 cm³/mol. The van der Waals surface area contributed by atoms with Crippen LogP contribution in [0.3, 0.4) is 0 Å². The molecule has 0 N–H and O–H groups in total. The van der Waals surface area contributed by atoms with Gasteiger partial charge in [-0.15, -0.1) is 0 Å². The molecule has 2 aromatic heterocycles. The molecule has 2 aliphatic heterocycles. The van der Waals surface area contributed by atoms with Crippen LogP contribution in [0.2, 0.25) is 0 Å². The number of benzene rings is 1. The number of fused-ring (bicyclic) bond motifs is 1. The Balaban J connectivity index is 1.62. The van der Waals surface area contributed by atoms with Crippen LogP contribution in [0, 0.1) is 5.92 Å². The lowest BCUT2D eigenvalue weighted by Gasteiger charge is -2.29. The Hall–Kier alpha value is -3.59. The quantitative estimate of drug-likeness (QED) is 0.447. The van der Waals surface area contributed by atoms with Crippen molar-refractivity contribution in [2.24, 2.45) is 10.9 Å². The SMILES string of the molecule is CCN(CC)C(=O)C1=C(C)N=c2s/c(=C\c3ccc(N4CCC(C)CC4)o3)c(=O)n2[C@@H]1c1ccccc1OC. The number of likely N-dealkylation sites (N-methyl/N-ethyl adjacent to an activating group) is 1. The number of piperidine rings is 1. The number of amides is 1. The van der Waals surface area contributed by atoms with Gasteiger partial charge in [0.1, 0.15) is 17.6 Å². The van der Waals surface area contributed by atoms with E-state index in [-0.39, 0.29) is 11.5 Å². The largest absolute Gasteiger partial charge is 0.496 e. The summed E-state index contributed by atoms with van der Waals surface area (Å²) in [5.41, 5.74) is 1.63. The molecule has 1 saturated heterocycles. The highest BCUT2D eigenvalue weighted by Gasteiger charge is 2.35. The topological polar surface area (TPSA) is 80.3 Å². The molecule has 2 aliphatic rings. The summed E-state index contributed by atoms with van der Waals surface area (Å²) in [6, 6.07) is 10.8. The lowest BCUT2D eigenvalue weighted by atomic mass is 9.94. The molecule has 206 valence electrons. The van der Waals surface area contributed by atoms with Crippen molar-refractivity contribution in [2.75, 3.05) is 38.2 Å². The van der Waals surface area contributed by atoms with Gasteiger partial charge in [-0.1, -0.05) is 36.5 Å². The number of rotatable bonds is 7. The number of para-hydroxylation sites is 1. The van der Waals surface area contributed by atoms with Gasteiger partial charge in [-0.3, -0.25) is 14.2 Å². The molecule has 0 radical (unpaired) electrons. The smallest absolute Gasteiger partial charge is 0.271 e. The zero-order valence-electron chi connectivity index (χ0n) is 23.3. The molecular formula is C30H36N4O4S. The molecule has 0 bridgehead atoms. The number of furan rings is 1. The van der Waals surface area contributed by atoms with Crippen LogP contribution in [0.4, 0.5) is 5.88 Å². The van der Waals surface area contributed by atoms with E-state index in [2.05, 4.69) is 11.8 Å². The molecule has 4 heterocycles. The second kappa shape index (κ2) is 11.3. The number of hydrogen-bond acceptors (Lipinski definition) is 7. The summed E-state index contributed by atoms with van der Waals surface area (Å²) in [4.78, 5) is 37.1. The van der Waals surface area contributed by atoms with E-state index in [1.54, 1.807) is 22.7 Å². The van der Waals surface area contributed by atoms with Crippen LogP contribution in [0.15, 0.2) is 61.9 Å². The summed E-state index contributed by atoms with van der Waals surface area (Å²) < 4.78 is 14.0. The fourth-order valence-corrected chi connectivity index (χ4v) is 6.44. The first-order valence-electron chi connectivity index (χ1n) is 13.7. The van der Waals surface area contributed by atoms with Crippen LogP contribution in [0.25, 0.3) is 6.08 Å². The van der Waals surface area contributed by atoms with Crippen LogP contribution in [0.1, 0.15) is 57.9 Å². The van der Waals surface area contributed by atoms with Gasteiger partial charge in [0.25, 0.3) is 11.5 Å². The highest BCUT2D eigenvalue weighted by atomic mass is 32.1. The lowest BCUT2D eigenvalue weighted by molar-refractivity contribution is -0.127. The van der Waals surface area contributed by atoms with Gasteiger partial charge in [-0.05, 0) is 51.7 Å². The molecule has 3 aromatic rings. The monoisotopic (exact) mass is 548 g/mol. The van der Waals surface area contributed by atoms with Gasteiger partial charge in [0.15, 0.2) is 10.7 Å². The molecule has 0 saturated carbocycles. The molecule has 0 unspecified atom stereocenters. The normalized spacial score (nSPS) is 18.2. The minimum Gasteiger partial charge on any atom is -0.496 e. The van der Waals surface area contributed by atoms with Crippen LogP contribution in [0.5, 0.6) is 5.75 Å². The van der Waals surface area contributed by atoms with Crippen LogP contribution in [-0.4, -0.2) is 48.7 Å². The average molecular weight is 549 g/mol. The zero-order valence-corrected chi connectivity index (χ0v) is 24.1. The van der Waals surface area contributed by atoms with Gasteiger partial charge in [-0.25, -0.2) is 4.99 Å². The Labute approximate surface area is 232 Å². The van der Waals surface area contributed by atoms with Crippen molar-refractivity contribution in [3.05, 3.63) is 78.7 Å². The minimum absolute atomic E-state index is 0.127. The number of carbonyl (C=O) groups excluding carboxylic acids is 1. The molecule has 1 fully saturated rings. The number of anilines is 1. The fourth-order valence-electron chi connectivity index (χ4n) is 5.41. The lowest BCUT2D eigenvalue weighted by Crippen LogP contribution is -2.43. The number of allylic oxidation sites excluding steroid dienone is 1. The standard InChI is InChI=1S/C30H36N4O4S/c1-6-32(7-2)29(36)26-20(4)31-30-34(27(26)22-10-8-9-11-23(22)37-5)28(35)24(39-30)18-21-12-13-25(38-21)33-16-14-19(3)15-17-33/h8-13,18-19,27H,6-7,14-17H2,1-5H3/b24-18-/t27-/m1/s1. The number of ether oxygens (including phenoxy) is 1. The summed E-state index contributed by atoms with van der Waals surface area (Å²) in [6.45, 7) is 11.1. The van der Waals surface area contributed by atoms with E-state index in [0.29, 0.717) is 45.2 Å². The van der Waals surface area contributed by atoms with Crippen molar-refractivity contribution in [1.29, 1.82) is 0 Å². The number of aromatic nitrogens is 1. The molecule has 9 heteroatoms. The van der Waals surface area contributed by atoms with Crippen LogP contribution < -0.4 is 24.5 Å². The average Bonchev–Trinajstić information content (AvgIpc) is 3.53. The first-order valence-corrected chi connectivity index (χ1v) is 14.5. The van der Waals surface area contributed by atoms with E-state index in [0.717, 1.165) is 43.3 Å². The van der Waals surface area contributed by atoms with E-state index in [1.165, 1.54) is 11.3 Å². The van der Waals surface area contributed by atoms with Crippen molar-refractivity contribution >= 4 is 29.2 Å². The minimum atomic E-state index is -0.657. The maximum Gasteiger partial charge on any atom is 0.271 e. The van der Waals surface area contributed by atoms with Gasteiger partial charge in [0.05, 0.1) is 22.9 Å². The summed E-state index contributed by atoms with van der Waals surface area (Å²) in [7, 11) is 1.60. The number of methoxy groups -OCH3 is 1. The van der Waals surface area contributed by atoms with Gasteiger partial charge < -0.3 is 19.0 Å². The first kappa shape index (κ1) is 27.0. The van der Waals surface area contributed by atoms with Gasteiger partial charge in [-0.2, -0.15) is 0 Å². The highest BCUT2D eigenvalue weighted by Crippen LogP contribution is 2.36. The van der Waals surface area contributed by atoms with E-state index < -0.39 is 6.04 Å². The first-order chi connectivity index (χ1) is 18.9. The second-order valence-corrected chi connectivity index (χ2v) is 11.2. The third-order valence-corrected chi connectivity index (χ3v) is 8.70. The Morgan fingerprint density at radius 1 is 1.18 bits per heavy atom. The van der Waals surface area contributed by atoms with Crippen molar-refractivity contribution in [2.45, 2.75) is 46.6 Å². The molecule has 0 spiro atoms. The summed E-state index contributed by atoms with van der Waals surface area (Å²) >= 11 is 1.31. The Kier molecular flexibility index (Phi) is 7.79. The number of nitrogens with zero attached hydrogens (tertiary/aromatic N) is 4. The number of hydrogen-bond donors (Lipinski definition) is 0. The van der Waals surface area contributed by atoms with Crippen molar-refractivity contribution in [3.8, 4) is 5.75 Å². The van der Waals surface area contributed by atoms with Gasteiger partial charge in [0, 0.05) is 43.9 Å². The molecule has 0 aliphatic carbocycles. The maximum absolute atomic E-state index is 14.0. The summed E-state index contributed by atoms with van der Waals surface area (Å²) in [5, 5.41) is 0. The maximum atomic E-state index is 14.0. The van der Waals surface area contributed by atoms with E-state index in [1.807, 2.05) is 57.2 Å². The molecular weight excluding hydrogens is 512 g/mol. The van der Waals surface area contributed by atoms with Crippen LogP contribution >= 0.6 is 11.3 Å². The number of thiazole rings is 1. The fraction of sp³-hybridized carbons (Fsp3) is 0.433. The molecule has 39 heavy (non-hydrogen) atoms. The number of carbonyl (C=O) groups is 1. The van der Waals surface area contributed by atoms with Gasteiger partial charge >= 0.3 is 0 Å². The molecule has 1 atom stereocenters. The van der Waals surface area contributed by atoms with E-state index in [9.17, 15) is 9.59 Å². The molecule has 8 nitrogen and oxygen atoms in total. The summed E-state index contributed by atoms with van der Waals surface area (Å²) in [6.07, 6.45) is 4.07. The van der Waals surface area contributed by atoms with Crippen molar-refractivity contribution in [1.82, 2.24) is 9.47 Å². The molecule has 1 aromatic carbocycles. The summed E-state index contributed by atoms with van der Waals surface area (Å²) in [5.74, 6) is 2.67.